The number of nitrogens with zero attached hydrogens (tertiary/aromatic N) is 3. The molecule has 1 aliphatic carbocycles. The molecule has 0 saturated carbocycles. The van der Waals surface area contributed by atoms with Crippen LogP contribution in [0, 0.1) is 19.8 Å². The van der Waals surface area contributed by atoms with Gasteiger partial charge in [0, 0.05) is 10.6 Å². The Bertz CT molecular complexity index is 1320. The highest BCUT2D eigenvalue weighted by molar-refractivity contribution is 8.00. The van der Waals surface area contributed by atoms with Crippen LogP contribution in [-0.2, 0) is 18.6 Å². The van der Waals surface area contributed by atoms with Crippen LogP contribution in [0.1, 0.15) is 40.7 Å². The van der Waals surface area contributed by atoms with E-state index in [0.717, 1.165) is 44.6 Å². The number of thioether (sulfide) groups is 1. The van der Waals surface area contributed by atoms with Crippen LogP contribution in [0.25, 0.3) is 10.2 Å². The molecule has 160 valence electrons. The van der Waals surface area contributed by atoms with Crippen LogP contribution in [0.15, 0.2) is 27.3 Å². The van der Waals surface area contributed by atoms with Gasteiger partial charge in [-0.15, -0.1) is 21.5 Å². The molecule has 1 aliphatic rings. The zero-order chi connectivity index (χ0) is 21.5. The molecule has 0 radical (unpaired) electrons. The van der Waals surface area contributed by atoms with E-state index < -0.39 is 0 Å². The Hall–Kier alpha value is -2.23. The van der Waals surface area contributed by atoms with E-state index in [1.807, 2.05) is 6.07 Å². The Balaban J connectivity index is 1.30. The van der Waals surface area contributed by atoms with Gasteiger partial charge in [0.1, 0.15) is 10.7 Å². The first-order valence-electron chi connectivity index (χ1n) is 10.3. The maximum atomic E-state index is 12.8. The van der Waals surface area contributed by atoms with Crippen LogP contribution < -0.4 is 10.9 Å². The number of nitrogens with one attached hydrogen (secondary N) is 2. The zero-order valence-corrected chi connectivity index (χ0v) is 20.1. The number of benzene rings is 1. The second-order valence-electron chi connectivity index (χ2n) is 8.13. The fraction of sp³-hybridized carbons (Fsp3) is 0.364. The number of aromatic amines is 1. The molecule has 2 N–H and O–H groups in total. The van der Waals surface area contributed by atoms with Crippen molar-refractivity contribution in [3.8, 4) is 0 Å². The summed E-state index contributed by atoms with van der Waals surface area (Å²) in [6.07, 6.45) is 3.18. The molecule has 6 nitrogen and oxygen atoms in total. The first-order valence-corrected chi connectivity index (χ1v) is 12.9. The average Bonchev–Trinajstić information content (AvgIpc) is 3.32. The van der Waals surface area contributed by atoms with E-state index in [1.165, 1.54) is 44.7 Å². The molecule has 0 aliphatic heterocycles. The number of aromatic nitrogens is 4. The molecule has 0 spiro atoms. The fourth-order valence-corrected chi connectivity index (χ4v) is 6.90. The first kappa shape index (κ1) is 20.7. The van der Waals surface area contributed by atoms with Gasteiger partial charge in [-0.25, -0.2) is 4.98 Å². The lowest BCUT2D eigenvalue weighted by Crippen LogP contribution is -2.14. The molecular weight excluding hydrogens is 446 g/mol. The monoisotopic (exact) mass is 469 g/mol. The molecule has 4 aromatic rings. The summed E-state index contributed by atoms with van der Waals surface area (Å²) in [7, 11) is 0. The van der Waals surface area contributed by atoms with Gasteiger partial charge in [0.2, 0.25) is 5.13 Å². The molecule has 0 fully saturated rings. The molecule has 31 heavy (non-hydrogen) atoms. The largest absolute Gasteiger partial charge is 0.330 e. The number of anilines is 2. The van der Waals surface area contributed by atoms with Crippen molar-refractivity contribution in [3.63, 3.8) is 0 Å². The van der Waals surface area contributed by atoms with Crippen molar-refractivity contribution in [3.05, 3.63) is 55.9 Å². The number of fused-ring (bicyclic) bond motifs is 3. The Kier molecular flexibility index (Phi) is 5.58. The number of hydrogen-bond acceptors (Lipinski definition) is 8. The minimum absolute atomic E-state index is 0.0120. The van der Waals surface area contributed by atoms with Gasteiger partial charge < -0.3 is 10.3 Å². The Morgan fingerprint density at radius 2 is 2.10 bits per heavy atom. The lowest BCUT2D eigenvalue weighted by atomic mass is 9.89. The van der Waals surface area contributed by atoms with Crippen molar-refractivity contribution in [2.45, 2.75) is 50.1 Å². The zero-order valence-electron chi connectivity index (χ0n) is 17.6. The van der Waals surface area contributed by atoms with E-state index in [2.05, 4.69) is 53.4 Å². The van der Waals surface area contributed by atoms with E-state index in [0.29, 0.717) is 17.5 Å². The van der Waals surface area contributed by atoms with Gasteiger partial charge in [0.15, 0.2) is 4.34 Å². The third kappa shape index (κ3) is 4.26. The molecule has 5 rings (SSSR count). The average molecular weight is 470 g/mol. The molecule has 3 heterocycles. The van der Waals surface area contributed by atoms with Crippen molar-refractivity contribution in [1.82, 2.24) is 20.2 Å². The molecule has 1 atom stereocenters. The highest BCUT2D eigenvalue weighted by Gasteiger charge is 2.23. The Morgan fingerprint density at radius 3 is 2.94 bits per heavy atom. The van der Waals surface area contributed by atoms with E-state index in [-0.39, 0.29) is 5.56 Å². The minimum atomic E-state index is -0.0120. The summed E-state index contributed by atoms with van der Waals surface area (Å²) < 4.78 is 0.841. The first-order chi connectivity index (χ1) is 15.0. The van der Waals surface area contributed by atoms with Gasteiger partial charge in [-0.05, 0) is 67.9 Å². The van der Waals surface area contributed by atoms with Crippen LogP contribution in [0.5, 0.6) is 0 Å². The van der Waals surface area contributed by atoms with E-state index in [9.17, 15) is 4.79 Å². The van der Waals surface area contributed by atoms with Crippen LogP contribution >= 0.6 is 34.4 Å². The number of thiophene rings is 1. The quantitative estimate of drug-likeness (QED) is 0.370. The third-order valence-corrected chi connectivity index (χ3v) is 8.84. The Labute approximate surface area is 192 Å². The summed E-state index contributed by atoms with van der Waals surface area (Å²) in [5.41, 5.74) is 4.71. The van der Waals surface area contributed by atoms with Gasteiger partial charge in [0.05, 0.1) is 11.1 Å². The second kappa shape index (κ2) is 8.37. The highest BCUT2D eigenvalue weighted by atomic mass is 32.2. The lowest BCUT2D eigenvalue weighted by molar-refractivity contribution is 0.509. The standard InChI is InChI=1S/C22H23N5OS3/c1-11-4-7-15-16(8-11)30-20-18(15)19(28)24-17(25-20)10-29-22-27-26-21(31-22)23-14-6-5-12(2)13(3)9-14/h5-6,9,11H,4,7-8,10H2,1-3H3,(H,23,26)(H,24,25,28)/t11-/m0/s1. The van der Waals surface area contributed by atoms with Crippen molar-refractivity contribution in [2.24, 2.45) is 5.92 Å². The molecule has 1 aromatic carbocycles. The normalized spacial score (nSPS) is 15.9. The maximum absolute atomic E-state index is 12.8. The maximum Gasteiger partial charge on any atom is 0.259 e. The van der Waals surface area contributed by atoms with Crippen molar-refractivity contribution in [1.29, 1.82) is 0 Å². The summed E-state index contributed by atoms with van der Waals surface area (Å²) in [6.45, 7) is 6.47. The van der Waals surface area contributed by atoms with E-state index >= 15 is 0 Å². The predicted molar refractivity (Wildman–Crippen MR) is 130 cm³/mol. The lowest BCUT2D eigenvalue weighted by Gasteiger charge is -2.17. The number of H-pyrrole nitrogens is 1. The topological polar surface area (TPSA) is 83.6 Å². The van der Waals surface area contributed by atoms with Crippen molar-refractivity contribution < 1.29 is 0 Å². The molecular formula is C22H23N5OS3. The van der Waals surface area contributed by atoms with Crippen LogP contribution in [-0.4, -0.2) is 20.2 Å². The predicted octanol–water partition coefficient (Wildman–Crippen LogP) is 5.61. The summed E-state index contributed by atoms with van der Waals surface area (Å²) >= 11 is 4.72. The second-order valence-corrected chi connectivity index (χ2v) is 11.4. The smallest absolute Gasteiger partial charge is 0.259 e. The summed E-state index contributed by atoms with van der Waals surface area (Å²) in [6, 6.07) is 6.24. The van der Waals surface area contributed by atoms with E-state index in [1.54, 1.807) is 11.3 Å². The number of hydrogen-bond donors (Lipinski definition) is 2. The summed E-state index contributed by atoms with van der Waals surface area (Å²) in [4.78, 5) is 22.7. The van der Waals surface area contributed by atoms with Gasteiger partial charge >= 0.3 is 0 Å². The number of rotatable bonds is 5. The fourth-order valence-electron chi connectivity index (χ4n) is 3.85. The highest BCUT2D eigenvalue weighted by Crippen LogP contribution is 2.36. The van der Waals surface area contributed by atoms with Crippen molar-refractivity contribution in [2.75, 3.05) is 5.32 Å². The number of aryl methyl sites for hydroxylation is 3. The van der Waals surface area contributed by atoms with Crippen LogP contribution in [0.3, 0.4) is 0 Å². The summed E-state index contributed by atoms with van der Waals surface area (Å²) in [5.74, 6) is 1.93. The molecule has 9 heteroatoms. The molecule has 3 aromatic heterocycles. The van der Waals surface area contributed by atoms with E-state index in [4.69, 9.17) is 4.98 Å². The third-order valence-electron chi connectivity index (χ3n) is 5.71. The van der Waals surface area contributed by atoms with Gasteiger partial charge in [-0.1, -0.05) is 36.1 Å². The van der Waals surface area contributed by atoms with Crippen molar-refractivity contribution >= 4 is 55.5 Å². The van der Waals surface area contributed by atoms with Crippen LogP contribution in [0.4, 0.5) is 10.8 Å². The summed E-state index contributed by atoms with van der Waals surface area (Å²) in [5, 5.41) is 13.4. The Morgan fingerprint density at radius 1 is 1.23 bits per heavy atom. The molecule has 0 unspecified atom stereocenters. The SMILES string of the molecule is Cc1ccc(Nc2nnc(SCc3nc4sc5c(c4c(=O)[nH]3)CC[C@H](C)C5)s2)cc1C. The van der Waals surface area contributed by atoms with Gasteiger partial charge in [-0.2, -0.15) is 0 Å². The minimum Gasteiger partial charge on any atom is -0.330 e. The van der Waals surface area contributed by atoms with Gasteiger partial charge in [0.25, 0.3) is 5.56 Å². The molecule has 0 amide bonds. The molecule has 0 bridgehead atoms. The molecule has 0 saturated heterocycles. The van der Waals surface area contributed by atoms with Crippen LogP contribution in [0.2, 0.25) is 0 Å². The van der Waals surface area contributed by atoms with Gasteiger partial charge in [-0.3, -0.25) is 4.79 Å².